The van der Waals surface area contributed by atoms with Crippen LogP contribution in [0.4, 0.5) is 4.39 Å². The Morgan fingerprint density at radius 3 is 2.25 bits per heavy atom. The van der Waals surface area contributed by atoms with Crippen LogP contribution in [0, 0.1) is 5.82 Å². The first-order valence-electron chi connectivity index (χ1n) is 8.85. The van der Waals surface area contributed by atoms with E-state index in [0.29, 0.717) is 11.1 Å². The Balaban J connectivity index is 1.73. The maximum absolute atomic E-state index is 13.4. The van der Waals surface area contributed by atoms with Gasteiger partial charge < -0.3 is 10.1 Å². The predicted octanol–water partition coefficient (Wildman–Crippen LogP) is 4.01. The van der Waals surface area contributed by atoms with Gasteiger partial charge in [-0.05, 0) is 41.0 Å². The van der Waals surface area contributed by atoms with Gasteiger partial charge in [-0.15, -0.1) is 0 Å². The lowest BCUT2D eigenvalue weighted by molar-refractivity contribution is -0.142. The third-order valence-corrected chi connectivity index (χ3v) is 4.37. The minimum absolute atomic E-state index is 0.137. The third-order valence-electron chi connectivity index (χ3n) is 4.37. The number of carbonyl (C=O) groups is 2. The fourth-order valence-corrected chi connectivity index (χ4v) is 2.92. The molecule has 0 fully saturated rings. The van der Waals surface area contributed by atoms with E-state index in [4.69, 9.17) is 4.74 Å². The maximum atomic E-state index is 13.4. The summed E-state index contributed by atoms with van der Waals surface area (Å²) in [5.74, 6) is -1.38. The number of benzene rings is 3. The summed E-state index contributed by atoms with van der Waals surface area (Å²) in [5.41, 5.74) is 3.05. The van der Waals surface area contributed by atoms with Crippen molar-refractivity contribution in [2.75, 3.05) is 7.11 Å². The minimum Gasteiger partial charge on any atom is -0.467 e. The van der Waals surface area contributed by atoms with E-state index < -0.39 is 23.7 Å². The van der Waals surface area contributed by atoms with Crippen LogP contribution in [-0.4, -0.2) is 25.0 Å². The lowest BCUT2D eigenvalue weighted by Crippen LogP contribution is -2.43. The maximum Gasteiger partial charge on any atom is 0.328 e. The molecule has 3 rings (SSSR count). The van der Waals surface area contributed by atoms with Gasteiger partial charge >= 0.3 is 5.97 Å². The molecule has 5 heteroatoms. The average Bonchev–Trinajstić information content (AvgIpc) is 2.73. The number of amides is 1. The number of nitrogens with one attached hydrogen (secondary N) is 1. The van der Waals surface area contributed by atoms with E-state index >= 15 is 0 Å². The molecule has 0 aliphatic heterocycles. The number of carbonyl (C=O) groups excluding carboxylic acids is 2. The van der Waals surface area contributed by atoms with E-state index in [1.165, 1.54) is 19.2 Å². The van der Waals surface area contributed by atoms with Crippen molar-refractivity contribution in [3.8, 4) is 11.1 Å². The van der Waals surface area contributed by atoms with Crippen LogP contribution < -0.4 is 5.32 Å². The smallest absolute Gasteiger partial charge is 0.328 e. The van der Waals surface area contributed by atoms with E-state index in [2.05, 4.69) is 5.32 Å². The first-order chi connectivity index (χ1) is 13.6. The van der Waals surface area contributed by atoms with Crippen molar-refractivity contribution in [2.24, 2.45) is 0 Å². The quantitative estimate of drug-likeness (QED) is 0.661. The van der Waals surface area contributed by atoms with Gasteiger partial charge in [0, 0.05) is 12.0 Å². The molecule has 0 bridgehead atoms. The molecule has 0 aliphatic carbocycles. The molecule has 28 heavy (non-hydrogen) atoms. The zero-order chi connectivity index (χ0) is 19.9. The monoisotopic (exact) mass is 377 g/mol. The molecular formula is C23H20FNO3. The largest absolute Gasteiger partial charge is 0.467 e. The number of rotatable bonds is 6. The van der Waals surface area contributed by atoms with Crippen molar-refractivity contribution in [1.82, 2.24) is 5.32 Å². The summed E-state index contributed by atoms with van der Waals surface area (Å²) in [4.78, 5) is 24.7. The summed E-state index contributed by atoms with van der Waals surface area (Å²) in [7, 11) is 1.25. The minimum atomic E-state index is -0.909. The Labute approximate surface area is 163 Å². The van der Waals surface area contributed by atoms with Crippen molar-refractivity contribution in [3.05, 3.63) is 95.8 Å². The molecule has 3 aromatic carbocycles. The van der Waals surface area contributed by atoms with Crippen molar-refractivity contribution >= 4 is 11.9 Å². The first kappa shape index (κ1) is 19.3. The van der Waals surface area contributed by atoms with Gasteiger partial charge in [0.25, 0.3) is 5.91 Å². The molecule has 3 aromatic rings. The molecule has 4 nitrogen and oxygen atoms in total. The van der Waals surface area contributed by atoms with Gasteiger partial charge in [0.05, 0.1) is 7.11 Å². The summed E-state index contributed by atoms with van der Waals surface area (Å²) in [6, 6.07) is 21.9. The lowest BCUT2D eigenvalue weighted by atomic mass is 10.0. The van der Waals surface area contributed by atoms with Gasteiger partial charge in [-0.2, -0.15) is 0 Å². The Morgan fingerprint density at radius 2 is 1.61 bits per heavy atom. The van der Waals surface area contributed by atoms with Crippen LogP contribution in [0.5, 0.6) is 0 Å². The van der Waals surface area contributed by atoms with Crippen LogP contribution >= 0.6 is 0 Å². The summed E-state index contributed by atoms with van der Waals surface area (Å²) in [5, 5.41) is 2.68. The van der Waals surface area contributed by atoms with E-state index in [1.807, 2.05) is 42.5 Å². The van der Waals surface area contributed by atoms with Crippen molar-refractivity contribution in [1.29, 1.82) is 0 Å². The Hall–Kier alpha value is -3.47. The lowest BCUT2D eigenvalue weighted by Gasteiger charge is -2.17. The number of hydrogen-bond donors (Lipinski definition) is 1. The van der Waals surface area contributed by atoms with Crippen LogP contribution in [0.25, 0.3) is 11.1 Å². The number of halogens is 1. The molecular weight excluding hydrogens is 357 g/mol. The molecule has 1 amide bonds. The normalized spacial score (nSPS) is 11.5. The van der Waals surface area contributed by atoms with Gasteiger partial charge in [0.2, 0.25) is 0 Å². The van der Waals surface area contributed by atoms with Crippen LogP contribution in [0.1, 0.15) is 15.9 Å². The Kier molecular flexibility index (Phi) is 6.17. The average molecular weight is 377 g/mol. The summed E-state index contributed by atoms with van der Waals surface area (Å²) in [6.07, 6.45) is 0.137. The van der Waals surface area contributed by atoms with Crippen LogP contribution in [0.2, 0.25) is 0 Å². The highest BCUT2D eigenvalue weighted by atomic mass is 19.1. The number of hydrogen-bond acceptors (Lipinski definition) is 3. The molecule has 142 valence electrons. The first-order valence-corrected chi connectivity index (χ1v) is 8.85. The summed E-state index contributed by atoms with van der Waals surface area (Å²) >= 11 is 0. The SMILES string of the molecule is COC(=O)[C@@H](Cc1cccc(F)c1)NC(=O)c1ccc(-c2ccccc2)cc1. The molecule has 0 radical (unpaired) electrons. The number of methoxy groups -OCH3 is 1. The van der Waals surface area contributed by atoms with E-state index in [0.717, 1.165) is 11.1 Å². The second-order valence-corrected chi connectivity index (χ2v) is 6.33. The third kappa shape index (κ3) is 4.82. The number of ether oxygens (including phenoxy) is 1. The molecule has 0 aromatic heterocycles. The van der Waals surface area contributed by atoms with Crippen molar-refractivity contribution in [2.45, 2.75) is 12.5 Å². The Bertz CT molecular complexity index is 955. The van der Waals surface area contributed by atoms with E-state index in [-0.39, 0.29) is 6.42 Å². The highest BCUT2D eigenvalue weighted by molar-refractivity contribution is 5.97. The molecule has 0 spiro atoms. The molecule has 1 atom stereocenters. The second kappa shape index (κ2) is 8.95. The summed E-state index contributed by atoms with van der Waals surface area (Å²) < 4.78 is 18.2. The van der Waals surface area contributed by atoms with Crippen LogP contribution in [0.15, 0.2) is 78.9 Å². The molecule has 0 saturated heterocycles. The zero-order valence-corrected chi connectivity index (χ0v) is 15.4. The van der Waals surface area contributed by atoms with Gasteiger partial charge in [-0.1, -0.05) is 54.6 Å². The number of esters is 1. The van der Waals surface area contributed by atoms with Crippen molar-refractivity contribution < 1.29 is 18.7 Å². The van der Waals surface area contributed by atoms with Crippen LogP contribution in [-0.2, 0) is 16.0 Å². The Morgan fingerprint density at radius 1 is 0.929 bits per heavy atom. The fourth-order valence-electron chi connectivity index (χ4n) is 2.92. The predicted molar refractivity (Wildman–Crippen MR) is 105 cm³/mol. The highest BCUT2D eigenvalue weighted by Gasteiger charge is 2.22. The molecule has 0 unspecified atom stereocenters. The van der Waals surface area contributed by atoms with Crippen molar-refractivity contribution in [3.63, 3.8) is 0 Å². The topological polar surface area (TPSA) is 55.4 Å². The van der Waals surface area contributed by atoms with E-state index in [1.54, 1.807) is 24.3 Å². The molecule has 0 saturated carbocycles. The van der Waals surface area contributed by atoms with Gasteiger partial charge in [-0.25, -0.2) is 9.18 Å². The zero-order valence-electron chi connectivity index (χ0n) is 15.4. The molecule has 0 heterocycles. The van der Waals surface area contributed by atoms with Crippen LogP contribution in [0.3, 0.4) is 0 Å². The fraction of sp³-hybridized carbons (Fsp3) is 0.130. The second-order valence-electron chi connectivity index (χ2n) is 6.33. The molecule has 1 N–H and O–H groups in total. The standard InChI is InChI=1S/C23H20FNO3/c1-28-23(27)21(15-16-6-5-9-20(24)14-16)25-22(26)19-12-10-18(11-13-19)17-7-3-2-4-8-17/h2-14,21H,15H2,1H3,(H,25,26)/t21-/m1/s1. The van der Waals surface area contributed by atoms with E-state index in [9.17, 15) is 14.0 Å². The molecule has 0 aliphatic rings. The van der Waals surface area contributed by atoms with Gasteiger partial charge in [0.1, 0.15) is 11.9 Å². The van der Waals surface area contributed by atoms with Gasteiger partial charge in [-0.3, -0.25) is 4.79 Å². The summed E-state index contributed by atoms with van der Waals surface area (Å²) in [6.45, 7) is 0. The highest BCUT2D eigenvalue weighted by Crippen LogP contribution is 2.19. The van der Waals surface area contributed by atoms with Gasteiger partial charge in [0.15, 0.2) is 0 Å².